The highest BCUT2D eigenvalue weighted by Crippen LogP contribution is 2.31. The average molecular weight is 278 g/mol. The predicted octanol–water partition coefficient (Wildman–Crippen LogP) is 2.19. The van der Waals surface area contributed by atoms with Gasteiger partial charge >= 0.3 is 0 Å². The number of hydrogen-bond donors (Lipinski definition) is 1. The molecule has 6 nitrogen and oxygen atoms in total. The molecule has 0 saturated carbocycles. The van der Waals surface area contributed by atoms with Crippen molar-refractivity contribution in [1.82, 2.24) is 19.5 Å². The van der Waals surface area contributed by atoms with Crippen LogP contribution in [-0.2, 0) is 0 Å². The molecule has 3 rings (SSSR count). The molecule has 0 aliphatic carbocycles. The third kappa shape index (κ3) is 1.82. The molecule has 0 bridgehead atoms. The van der Waals surface area contributed by atoms with Crippen LogP contribution >= 0.6 is 0 Å². The molecule has 0 aliphatic heterocycles. The van der Waals surface area contributed by atoms with Gasteiger partial charge < -0.3 is 5.73 Å². The van der Waals surface area contributed by atoms with E-state index in [2.05, 4.69) is 21.0 Å². The van der Waals surface area contributed by atoms with E-state index in [1.807, 2.05) is 26.8 Å². The molecule has 2 N–H and O–H groups in total. The van der Waals surface area contributed by atoms with Gasteiger partial charge in [0.25, 0.3) is 0 Å². The number of pyridine rings is 1. The number of aromatic nitrogens is 4. The van der Waals surface area contributed by atoms with Crippen LogP contribution in [0.25, 0.3) is 16.7 Å². The van der Waals surface area contributed by atoms with Gasteiger partial charge in [0.05, 0.1) is 16.8 Å². The summed E-state index contributed by atoms with van der Waals surface area (Å²) in [7, 11) is 0. The summed E-state index contributed by atoms with van der Waals surface area (Å²) in [5.41, 5.74) is 9.94. The van der Waals surface area contributed by atoms with E-state index in [1.165, 1.54) is 0 Å². The Labute approximate surface area is 121 Å². The molecule has 0 atom stereocenters. The molecule has 0 saturated heterocycles. The minimum atomic E-state index is 0.367. The first-order valence-electron chi connectivity index (χ1n) is 6.50. The zero-order chi connectivity index (χ0) is 15.1. The van der Waals surface area contributed by atoms with Gasteiger partial charge in [0.15, 0.2) is 5.65 Å². The fourth-order valence-electron chi connectivity index (χ4n) is 2.54. The van der Waals surface area contributed by atoms with E-state index in [0.717, 1.165) is 16.9 Å². The first-order chi connectivity index (χ1) is 10.0. The first kappa shape index (κ1) is 13.1. The highest BCUT2D eigenvalue weighted by Gasteiger charge is 2.20. The number of fused-ring (bicyclic) bond motifs is 1. The highest BCUT2D eigenvalue weighted by atomic mass is 15.1. The van der Waals surface area contributed by atoms with E-state index in [4.69, 9.17) is 5.73 Å². The van der Waals surface area contributed by atoms with Crippen LogP contribution in [-0.4, -0.2) is 19.5 Å². The van der Waals surface area contributed by atoms with Crippen molar-refractivity contribution in [2.45, 2.75) is 20.8 Å². The molecule has 0 amide bonds. The van der Waals surface area contributed by atoms with Crippen molar-refractivity contribution >= 4 is 16.9 Å². The average Bonchev–Trinajstić information content (AvgIpc) is 2.71. The van der Waals surface area contributed by atoms with Gasteiger partial charge in [-0.05, 0) is 32.4 Å². The maximum absolute atomic E-state index is 9.37. The van der Waals surface area contributed by atoms with Crippen LogP contribution in [0, 0.1) is 32.1 Å². The van der Waals surface area contributed by atoms with Crippen LogP contribution < -0.4 is 5.73 Å². The Balaban J connectivity index is 2.51. The minimum Gasteiger partial charge on any atom is -0.384 e. The maximum atomic E-state index is 9.37. The van der Waals surface area contributed by atoms with Crippen LogP contribution in [0.4, 0.5) is 5.82 Å². The molecule has 0 spiro atoms. The van der Waals surface area contributed by atoms with Gasteiger partial charge in [-0.25, -0.2) is 9.97 Å². The number of rotatable bonds is 1. The van der Waals surface area contributed by atoms with Crippen LogP contribution in [0.15, 0.2) is 18.5 Å². The molecule has 0 radical (unpaired) electrons. The zero-order valence-corrected chi connectivity index (χ0v) is 12.0. The van der Waals surface area contributed by atoms with Crippen molar-refractivity contribution in [1.29, 1.82) is 5.26 Å². The van der Waals surface area contributed by atoms with Crippen molar-refractivity contribution in [3.05, 3.63) is 41.1 Å². The van der Waals surface area contributed by atoms with E-state index >= 15 is 0 Å². The second kappa shape index (κ2) is 4.56. The van der Waals surface area contributed by atoms with Crippen molar-refractivity contribution in [3.63, 3.8) is 0 Å². The summed E-state index contributed by atoms with van der Waals surface area (Å²) in [6.07, 6.45) is 3.39. The van der Waals surface area contributed by atoms with Gasteiger partial charge in [-0.15, -0.1) is 0 Å². The first-order valence-corrected chi connectivity index (χ1v) is 6.50. The summed E-state index contributed by atoms with van der Waals surface area (Å²) in [5, 5.41) is 10.0. The molecule has 0 fully saturated rings. The number of hydrogen-bond acceptors (Lipinski definition) is 5. The molecule has 0 unspecified atom stereocenters. The van der Waals surface area contributed by atoms with Gasteiger partial charge in [0, 0.05) is 12.4 Å². The van der Waals surface area contributed by atoms with Gasteiger partial charge in [-0.3, -0.25) is 9.55 Å². The second-order valence-corrected chi connectivity index (χ2v) is 4.92. The third-order valence-electron chi connectivity index (χ3n) is 3.51. The molecule has 3 aromatic rings. The SMILES string of the molecule is Cc1ncc2c(C#N)c(N)n(-c3c(C)ccnc3C)c2n1. The second-order valence-electron chi connectivity index (χ2n) is 4.92. The lowest BCUT2D eigenvalue weighted by molar-refractivity contribution is 0.997. The minimum absolute atomic E-state index is 0.367. The number of nitrogens with zero attached hydrogens (tertiary/aromatic N) is 5. The monoisotopic (exact) mass is 278 g/mol. The molecule has 104 valence electrons. The summed E-state index contributed by atoms with van der Waals surface area (Å²) >= 11 is 0. The van der Waals surface area contributed by atoms with Crippen LogP contribution in [0.2, 0.25) is 0 Å². The highest BCUT2D eigenvalue weighted by molar-refractivity contribution is 5.91. The van der Waals surface area contributed by atoms with Crippen molar-refractivity contribution in [2.24, 2.45) is 0 Å². The van der Waals surface area contributed by atoms with Gasteiger partial charge in [-0.2, -0.15) is 5.26 Å². The lowest BCUT2D eigenvalue weighted by atomic mass is 10.2. The molecule has 21 heavy (non-hydrogen) atoms. The van der Waals surface area contributed by atoms with E-state index < -0.39 is 0 Å². The molecule has 0 aromatic carbocycles. The van der Waals surface area contributed by atoms with Gasteiger partial charge in [-0.1, -0.05) is 0 Å². The number of anilines is 1. The Kier molecular flexibility index (Phi) is 2.84. The van der Waals surface area contributed by atoms with E-state index in [1.54, 1.807) is 17.0 Å². The Hall–Kier alpha value is -2.94. The third-order valence-corrected chi connectivity index (χ3v) is 3.51. The lowest BCUT2D eigenvalue weighted by Gasteiger charge is -2.12. The number of nitrogens with two attached hydrogens (primary N) is 1. The van der Waals surface area contributed by atoms with E-state index in [9.17, 15) is 5.26 Å². The molecule has 3 heterocycles. The smallest absolute Gasteiger partial charge is 0.151 e. The maximum Gasteiger partial charge on any atom is 0.151 e. The molecule has 6 heteroatoms. The molecular weight excluding hydrogens is 264 g/mol. The topological polar surface area (TPSA) is 93.4 Å². The fourth-order valence-corrected chi connectivity index (χ4v) is 2.54. The predicted molar refractivity (Wildman–Crippen MR) is 80.0 cm³/mol. The van der Waals surface area contributed by atoms with Gasteiger partial charge in [0.1, 0.15) is 23.3 Å². The molecular formula is C15H14N6. The Bertz CT molecular complexity index is 880. The van der Waals surface area contributed by atoms with Crippen molar-refractivity contribution in [2.75, 3.05) is 5.73 Å². The zero-order valence-electron chi connectivity index (χ0n) is 12.0. The number of nitrogen functional groups attached to an aromatic ring is 1. The standard InChI is InChI=1S/C15H14N6/c1-8-4-5-18-9(2)13(8)21-14(17)11(6-16)12-7-19-10(3)20-15(12)21/h4-5,7H,17H2,1-3H3. The van der Waals surface area contributed by atoms with E-state index in [-0.39, 0.29) is 0 Å². The summed E-state index contributed by atoms with van der Waals surface area (Å²) < 4.78 is 1.79. The van der Waals surface area contributed by atoms with Crippen molar-refractivity contribution < 1.29 is 0 Å². The quantitative estimate of drug-likeness (QED) is 0.736. The van der Waals surface area contributed by atoms with E-state index in [0.29, 0.717) is 28.2 Å². The Morgan fingerprint density at radius 2 is 2.00 bits per heavy atom. The van der Waals surface area contributed by atoms with Crippen LogP contribution in [0.5, 0.6) is 0 Å². The Morgan fingerprint density at radius 1 is 1.24 bits per heavy atom. The summed E-state index contributed by atoms with van der Waals surface area (Å²) in [6, 6.07) is 4.05. The lowest BCUT2D eigenvalue weighted by Crippen LogP contribution is -2.07. The summed E-state index contributed by atoms with van der Waals surface area (Å²) in [5.74, 6) is 0.997. The van der Waals surface area contributed by atoms with Crippen LogP contribution in [0.1, 0.15) is 22.6 Å². The summed E-state index contributed by atoms with van der Waals surface area (Å²) in [6.45, 7) is 5.70. The van der Waals surface area contributed by atoms with Gasteiger partial charge in [0.2, 0.25) is 0 Å². The summed E-state index contributed by atoms with van der Waals surface area (Å²) in [4.78, 5) is 12.9. The molecule has 3 aromatic heterocycles. The normalized spacial score (nSPS) is 10.8. The van der Waals surface area contributed by atoms with Crippen LogP contribution in [0.3, 0.4) is 0 Å². The Morgan fingerprint density at radius 3 is 2.67 bits per heavy atom. The molecule has 0 aliphatic rings. The number of nitriles is 1. The largest absolute Gasteiger partial charge is 0.384 e. The fraction of sp³-hybridized carbons (Fsp3) is 0.200. The number of aryl methyl sites for hydroxylation is 3. The van der Waals surface area contributed by atoms with Crippen molar-refractivity contribution in [3.8, 4) is 11.8 Å².